The fourth-order valence-corrected chi connectivity index (χ4v) is 1.92. The van der Waals surface area contributed by atoms with E-state index in [4.69, 9.17) is 4.74 Å². The molecule has 2 rings (SSSR count). The number of hydrogen-bond acceptors (Lipinski definition) is 1. The predicted octanol–water partition coefficient (Wildman–Crippen LogP) is 0.987. The summed E-state index contributed by atoms with van der Waals surface area (Å²) in [4.78, 5) is 0. The van der Waals surface area contributed by atoms with Crippen molar-refractivity contribution in [2.24, 2.45) is 0 Å². The fourth-order valence-electron chi connectivity index (χ4n) is 1.31. The minimum atomic E-state index is 0. The van der Waals surface area contributed by atoms with Gasteiger partial charge in [-0.1, -0.05) is 30.3 Å². The van der Waals surface area contributed by atoms with Gasteiger partial charge >= 0.3 is 29.6 Å². The smallest absolute Gasteiger partial charge is 1.00 e. The number of ether oxygens (including phenoxy) is 1. The summed E-state index contributed by atoms with van der Waals surface area (Å²) in [6.45, 7) is 0.626. The van der Waals surface area contributed by atoms with E-state index in [0.29, 0.717) is 6.61 Å². The van der Waals surface area contributed by atoms with Crippen LogP contribution in [0.2, 0.25) is 0 Å². The van der Waals surface area contributed by atoms with Crippen molar-refractivity contribution in [3.63, 3.8) is 0 Å². The van der Waals surface area contributed by atoms with Crippen LogP contribution in [0.4, 0.5) is 0 Å². The van der Waals surface area contributed by atoms with Gasteiger partial charge in [0, 0.05) is 3.57 Å². The number of halogens is 1. The monoisotopic (exact) mass is 334 g/mol. The van der Waals surface area contributed by atoms with Crippen LogP contribution in [0.15, 0.2) is 54.6 Å². The molecule has 0 saturated carbocycles. The minimum absolute atomic E-state index is 0. The molecule has 0 aliphatic heterocycles. The van der Waals surface area contributed by atoms with E-state index in [1.807, 2.05) is 36.4 Å². The second kappa shape index (κ2) is 7.33. The second-order valence-corrected chi connectivity index (χ2v) is 4.48. The molecule has 0 atom stereocenters. The minimum Gasteiger partial charge on any atom is -1.00 e. The third kappa shape index (κ3) is 4.45. The maximum atomic E-state index is 5.64. The van der Waals surface area contributed by atoms with Crippen molar-refractivity contribution in [2.75, 3.05) is 0 Å². The molecule has 0 radical (unpaired) electrons. The molecule has 3 heteroatoms. The van der Waals surface area contributed by atoms with Gasteiger partial charge in [-0.15, -0.1) is 0 Å². The van der Waals surface area contributed by atoms with E-state index in [2.05, 4.69) is 40.8 Å². The fraction of sp³-hybridized carbons (Fsp3) is 0.0769. The molecule has 0 spiro atoms. The van der Waals surface area contributed by atoms with Crippen molar-refractivity contribution in [3.05, 3.63) is 63.7 Å². The molecule has 0 N–H and O–H groups in total. The van der Waals surface area contributed by atoms with E-state index < -0.39 is 0 Å². The number of benzene rings is 2. The summed E-state index contributed by atoms with van der Waals surface area (Å²) in [7, 11) is 0. The Bertz CT molecular complexity index is 436. The van der Waals surface area contributed by atoms with Crippen LogP contribution in [0.3, 0.4) is 0 Å². The van der Waals surface area contributed by atoms with Gasteiger partial charge in [-0.2, -0.15) is 0 Å². The SMILES string of the molecule is Ic1cccc(COc2ccccc2)c1.[H-].[Na+]. The quantitative estimate of drug-likeness (QED) is 0.601. The van der Waals surface area contributed by atoms with E-state index in [0.717, 1.165) is 5.75 Å². The molecule has 0 saturated heterocycles. The molecular formula is C13H12INaO. The Hall–Kier alpha value is -0.0300. The molecule has 0 aliphatic rings. The van der Waals surface area contributed by atoms with Gasteiger partial charge < -0.3 is 6.16 Å². The van der Waals surface area contributed by atoms with Crippen LogP contribution >= 0.6 is 22.6 Å². The Labute approximate surface area is 133 Å². The first-order chi connectivity index (χ1) is 7.34. The van der Waals surface area contributed by atoms with E-state index in [-0.39, 0.29) is 31.0 Å². The molecule has 0 fully saturated rings. The molecule has 0 heterocycles. The average molecular weight is 334 g/mol. The van der Waals surface area contributed by atoms with Crippen LogP contribution in [0, 0.1) is 3.57 Å². The van der Waals surface area contributed by atoms with Crippen LogP contribution in [0.5, 0.6) is 5.75 Å². The van der Waals surface area contributed by atoms with Gasteiger partial charge in [0.1, 0.15) is 12.4 Å². The maximum absolute atomic E-state index is 5.64. The summed E-state index contributed by atoms with van der Waals surface area (Å²) in [5.41, 5.74) is 1.20. The molecular weight excluding hydrogens is 322 g/mol. The van der Waals surface area contributed by atoms with Gasteiger partial charge in [-0.3, -0.25) is 0 Å². The zero-order valence-corrected chi connectivity index (χ0v) is 13.3. The molecule has 16 heavy (non-hydrogen) atoms. The summed E-state index contributed by atoms with van der Waals surface area (Å²) >= 11 is 2.30. The normalized spacial score (nSPS) is 9.31. The molecule has 0 bridgehead atoms. The first kappa shape index (κ1) is 14.0. The molecule has 0 aliphatic carbocycles. The molecule has 1 nitrogen and oxygen atoms in total. The van der Waals surface area contributed by atoms with Gasteiger partial charge in [-0.25, -0.2) is 0 Å². The summed E-state index contributed by atoms with van der Waals surface area (Å²) in [5.74, 6) is 0.913. The number of para-hydroxylation sites is 1. The van der Waals surface area contributed by atoms with Crippen molar-refractivity contribution < 1.29 is 35.7 Å². The Morgan fingerprint density at radius 1 is 1.00 bits per heavy atom. The van der Waals surface area contributed by atoms with E-state index >= 15 is 0 Å². The topological polar surface area (TPSA) is 9.23 Å². The summed E-state index contributed by atoms with van der Waals surface area (Å²) in [6.07, 6.45) is 0. The summed E-state index contributed by atoms with van der Waals surface area (Å²) < 4.78 is 6.88. The summed E-state index contributed by atoms with van der Waals surface area (Å²) in [5, 5.41) is 0. The van der Waals surface area contributed by atoms with Crippen molar-refractivity contribution in [1.29, 1.82) is 0 Å². The Kier molecular flexibility index (Phi) is 6.43. The number of rotatable bonds is 3. The van der Waals surface area contributed by atoms with Crippen molar-refractivity contribution in [1.82, 2.24) is 0 Å². The molecule has 2 aromatic rings. The molecule has 78 valence electrons. The van der Waals surface area contributed by atoms with Crippen LogP contribution in [0.1, 0.15) is 6.99 Å². The third-order valence-corrected chi connectivity index (χ3v) is 2.71. The van der Waals surface area contributed by atoms with Crippen LogP contribution < -0.4 is 34.3 Å². The molecule has 0 aromatic heterocycles. The molecule has 2 aromatic carbocycles. The number of hydrogen-bond donors (Lipinski definition) is 0. The standard InChI is InChI=1S/C13H11IO.Na.H/c14-12-6-4-5-11(9-12)10-15-13-7-2-1-3-8-13;;/h1-9H,10H2;;/q;+1;-1. The van der Waals surface area contributed by atoms with E-state index in [1.165, 1.54) is 9.13 Å². The predicted molar refractivity (Wildman–Crippen MR) is 71.0 cm³/mol. The molecule has 0 amide bonds. The van der Waals surface area contributed by atoms with Gasteiger partial charge in [-0.05, 0) is 52.4 Å². The van der Waals surface area contributed by atoms with Crippen molar-refractivity contribution >= 4 is 22.6 Å². The molecule has 0 unspecified atom stereocenters. The van der Waals surface area contributed by atoms with Crippen molar-refractivity contribution in [3.8, 4) is 5.75 Å². The Morgan fingerprint density at radius 2 is 1.75 bits per heavy atom. The van der Waals surface area contributed by atoms with E-state index in [1.54, 1.807) is 0 Å². The average Bonchev–Trinajstić information content (AvgIpc) is 2.28. The van der Waals surface area contributed by atoms with Gasteiger partial charge in [0.15, 0.2) is 0 Å². The summed E-state index contributed by atoms with van der Waals surface area (Å²) in [6, 6.07) is 18.2. The second-order valence-electron chi connectivity index (χ2n) is 3.23. The van der Waals surface area contributed by atoms with Crippen LogP contribution in [0.25, 0.3) is 0 Å². The van der Waals surface area contributed by atoms with Gasteiger partial charge in [0.2, 0.25) is 0 Å². The van der Waals surface area contributed by atoms with Crippen LogP contribution in [-0.4, -0.2) is 0 Å². The zero-order chi connectivity index (χ0) is 10.5. The Balaban J connectivity index is 0.00000128. The van der Waals surface area contributed by atoms with Crippen molar-refractivity contribution in [2.45, 2.75) is 6.61 Å². The largest absolute Gasteiger partial charge is 1.00 e. The van der Waals surface area contributed by atoms with Gasteiger partial charge in [0.25, 0.3) is 0 Å². The van der Waals surface area contributed by atoms with Gasteiger partial charge in [0.05, 0.1) is 0 Å². The Morgan fingerprint density at radius 3 is 2.44 bits per heavy atom. The first-order valence-electron chi connectivity index (χ1n) is 4.77. The van der Waals surface area contributed by atoms with Crippen LogP contribution in [-0.2, 0) is 6.61 Å². The third-order valence-electron chi connectivity index (χ3n) is 2.04. The van der Waals surface area contributed by atoms with E-state index in [9.17, 15) is 0 Å². The first-order valence-corrected chi connectivity index (χ1v) is 5.85. The maximum Gasteiger partial charge on any atom is 1.00 e. The zero-order valence-electron chi connectivity index (χ0n) is 10.2.